The van der Waals surface area contributed by atoms with Crippen molar-refractivity contribution in [3.05, 3.63) is 57.7 Å². The van der Waals surface area contributed by atoms with Gasteiger partial charge in [-0.3, -0.25) is 0 Å². The fourth-order valence-electron chi connectivity index (χ4n) is 3.13. The zero-order valence-corrected chi connectivity index (χ0v) is 15.9. The first kappa shape index (κ1) is 18.0. The van der Waals surface area contributed by atoms with E-state index in [-0.39, 0.29) is 6.04 Å². The Balaban J connectivity index is 2.06. The fraction of sp³-hybridized carbons (Fsp3) is 0.250. The van der Waals surface area contributed by atoms with Crippen LogP contribution in [0.25, 0.3) is 10.8 Å². The number of aryl methyl sites for hydroxylation is 1. The SMILES string of the molecule is CNc1cc2c(N[C@H](C)c3cccc(C#N)c3C)nnc(C)c2cc1Cl. The Morgan fingerprint density at radius 1 is 1.15 bits per heavy atom. The van der Waals surface area contributed by atoms with E-state index in [2.05, 4.69) is 26.9 Å². The van der Waals surface area contributed by atoms with Crippen molar-refractivity contribution in [1.29, 1.82) is 5.26 Å². The van der Waals surface area contributed by atoms with Crippen molar-refractivity contribution in [2.75, 3.05) is 17.7 Å². The van der Waals surface area contributed by atoms with Gasteiger partial charge in [-0.1, -0.05) is 23.7 Å². The van der Waals surface area contributed by atoms with Gasteiger partial charge in [0.05, 0.1) is 34.1 Å². The Bertz CT molecular complexity index is 1020. The van der Waals surface area contributed by atoms with Crippen LogP contribution in [-0.4, -0.2) is 17.2 Å². The third kappa shape index (κ3) is 3.16. The van der Waals surface area contributed by atoms with E-state index in [4.69, 9.17) is 11.6 Å². The normalized spacial score (nSPS) is 11.8. The molecular formula is C20H20ClN5. The zero-order valence-electron chi connectivity index (χ0n) is 15.2. The molecule has 6 heteroatoms. The summed E-state index contributed by atoms with van der Waals surface area (Å²) in [4.78, 5) is 0. The van der Waals surface area contributed by atoms with Crippen molar-refractivity contribution in [3.63, 3.8) is 0 Å². The Hall–Kier alpha value is -2.84. The molecule has 0 radical (unpaired) electrons. The maximum Gasteiger partial charge on any atom is 0.157 e. The predicted molar refractivity (Wildman–Crippen MR) is 107 cm³/mol. The predicted octanol–water partition coefficient (Wildman–Crippen LogP) is 4.99. The zero-order chi connectivity index (χ0) is 18.8. The van der Waals surface area contributed by atoms with Crippen LogP contribution in [0.2, 0.25) is 5.02 Å². The summed E-state index contributed by atoms with van der Waals surface area (Å²) in [5.41, 5.74) is 4.37. The van der Waals surface area contributed by atoms with Crippen molar-refractivity contribution in [1.82, 2.24) is 10.2 Å². The molecule has 3 rings (SSSR count). The first-order valence-corrected chi connectivity index (χ1v) is 8.74. The summed E-state index contributed by atoms with van der Waals surface area (Å²) < 4.78 is 0. The number of anilines is 2. The number of rotatable bonds is 4. The smallest absolute Gasteiger partial charge is 0.157 e. The molecule has 0 saturated heterocycles. The van der Waals surface area contributed by atoms with Crippen molar-refractivity contribution in [3.8, 4) is 6.07 Å². The van der Waals surface area contributed by atoms with Crippen LogP contribution in [0.3, 0.4) is 0 Å². The second kappa shape index (κ2) is 7.19. The Morgan fingerprint density at radius 3 is 2.62 bits per heavy atom. The molecule has 2 aromatic carbocycles. The van der Waals surface area contributed by atoms with Crippen LogP contribution in [0.4, 0.5) is 11.5 Å². The topological polar surface area (TPSA) is 73.6 Å². The lowest BCUT2D eigenvalue weighted by molar-refractivity contribution is 0.852. The van der Waals surface area contributed by atoms with Gasteiger partial charge < -0.3 is 10.6 Å². The van der Waals surface area contributed by atoms with Crippen LogP contribution >= 0.6 is 11.6 Å². The molecule has 0 aliphatic rings. The maximum absolute atomic E-state index is 9.26. The van der Waals surface area contributed by atoms with Gasteiger partial charge in [0, 0.05) is 17.8 Å². The number of hydrogen-bond donors (Lipinski definition) is 2. The second-order valence-electron chi connectivity index (χ2n) is 6.26. The van der Waals surface area contributed by atoms with Gasteiger partial charge in [-0.05, 0) is 50.1 Å². The lowest BCUT2D eigenvalue weighted by Gasteiger charge is -2.19. The van der Waals surface area contributed by atoms with Gasteiger partial charge in [-0.15, -0.1) is 5.10 Å². The van der Waals surface area contributed by atoms with Crippen LogP contribution in [0, 0.1) is 25.2 Å². The summed E-state index contributed by atoms with van der Waals surface area (Å²) in [6, 6.07) is 11.8. The maximum atomic E-state index is 9.26. The highest BCUT2D eigenvalue weighted by Gasteiger charge is 2.15. The lowest BCUT2D eigenvalue weighted by Crippen LogP contribution is -2.11. The number of nitriles is 1. The van der Waals surface area contributed by atoms with Crippen LogP contribution in [0.15, 0.2) is 30.3 Å². The van der Waals surface area contributed by atoms with E-state index in [1.54, 1.807) is 0 Å². The number of halogens is 1. The third-order valence-corrected chi connectivity index (χ3v) is 4.95. The van der Waals surface area contributed by atoms with Gasteiger partial charge in [-0.2, -0.15) is 10.4 Å². The Morgan fingerprint density at radius 2 is 1.92 bits per heavy atom. The molecule has 0 saturated carbocycles. The number of nitrogens with zero attached hydrogens (tertiary/aromatic N) is 3. The molecule has 0 aliphatic heterocycles. The first-order chi connectivity index (χ1) is 12.5. The molecule has 0 spiro atoms. The minimum absolute atomic E-state index is 0.0304. The van der Waals surface area contributed by atoms with Crippen molar-refractivity contribution >= 4 is 33.9 Å². The first-order valence-electron chi connectivity index (χ1n) is 8.36. The summed E-state index contributed by atoms with van der Waals surface area (Å²) in [5.74, 6) is 0.688. The standard InChI is InChI=1S/C20H20ClN5/c1-11-14(10-22)6-5-7-15(11)12(2)24-20-17-9-19(23-4)18(21)8-16(17)13(3)25-26-20/h5-9,12,23H,1-4H3,(H,24,26)/t12-/m1/s1. The molecule has 1 heterocycles. The second-order valence-corrected chi connectivity index (χ2v) is 6.67. The van der Waals surface area contributed by atoms with Crippen LogP contribution in [0.5, 0.6) is 0 Å². The minimum atomic E-state index is -0.0304. The van der Waals surface area contributed by atoms with E-state index in [0.717, 1.165) is 33.3 Å². The van der Waals surface area contributed by atoms with E-state index in [1.807, 2.05) is 58.2 Å². The van der Waals surface area contributed by atoms with Gasteiger partial charge in [-0.25, -0.2) is 0 Å². The number of nitrogens with one attached hydrogen (secondary N) is 2. The molecule has 0 aliphatic carbocycles. The van der Waals surface area contributed by atoms with Crippen molar-refractivity contribution in [2.45, 2.75) is 26.8 Å². The van der Waals surface area contributed by atoms with Crippen LogP contribution in [-0.2, 0) is 0 Å². The van der Waals surface area contributed by atoms with Crippen LogP contribution < -0.4 is 10.6 Å². The monoisotopic (exact) mass is 365 g/mol. The van der Waals surface area contributed by atoms with E-state index in [1.165, 1.54) is 0 Å². The minimum Gasteiger partial charge on any atom is -0.387 e. The van der Waals surface area contributed by atoms with E-state index >= 15 is 0 Å². The summed E-state index contributed by atoms with van der Waals surface area (Å²) in [5, 5.41) is 27.0. The van der Waals surface area contributed by atoms with Crippen LogP contribution in [0.1, 0.15) is 35.3 Å². The lowest BCUT2D eigenvalue weighted by atomic mass is 9.98. The molecular weight excluding hydrogens is 346 g/mol. The molecule has 0 fully saturated rings. The van der Waals surface area contributed by atoms with E-state index in [0.29, 0.717) is 16.4 Å². The van der Waals surface area contributed by atoms with Gasteiger partial charge >= 0.3 is 0 Å². The molecule has 26 heavy (non-hydrogen) atoms. The van der Waals surface area contributed by atoms with Gasteiger partial charge in [0.1, 0.15) is 0 Å². The molecule has 1 atom stereocenters. The van der Waals surface area contributed by atoms with Gasteiger partial charge in [0.25, 0.3) is 0 Å². The molecule has 0 bridgehead atoms. The Labute approximate surface area is 158 Å². The summed E-state index contributed by atoms with van der Waals surface area (Å²) in [6.45, 7) is 5.92. The summed E-state index contributed by atoms with van der Waals surface area (Å²) in [7, 11) is 1.83. The van der Waals surface area contributed by atoms with E-state index < -0.39 is 0 Å². The fourth-order valence-corrected chi connectivity index (χ4v) is 3.38. The molecule has 5 nitrogen and oxygen atoms in total. The molecule has 0 unspecified atom stereocenters. The number of hydrogen-bond acceptors (Lipinski definition) is 5. The molecule has 1 aromatic heterocycles. The molecule has 2 N–H and O–H groups in total. The average molecular weight is 366 g/mol. The van der Waals surface area contributed by atoms with Gasteiger partial charge in [0.15, 0.2) is 5.82 Å². The average Bonchev–Trinajstić information content (AvgIpc) is 2.64. The highest BCUT2D eigenvalue weighted by atomic mass is 35.5. The summed E-state index contributed by atoms with van der Waals surface area (Å²) in [6.07, 6.45) is 0. The molecule has 3 aromatic rings. The van der Waals surface area contributed by atoms with Crippen molar-refractivity contribution < 1.29 is 0 Å². The number of fused-ring (bicyclic) bond motifs is 1. The quantitative estimate of drug-likeness (QED) is 0.681. The molecule has 132 valence electrons. The van der Waals surface area contributed by atoms with Gasteiger partial charge in [0.2, 0.25) is 0 Å². The third-order valence-electron chi connectivity index (χ3n) is 4.64. The van der Waals surface area contributed by atoms with Crippen molar-refractivity contribution in [2.24, 2.45) is 0 Å². The largest absolute Gasteiger partial charge is 0.387 e. The van der Waals surface area contributed by atoms with E-state index in [9.17, 15) is 5.26 Å². The highest BCUT2D eigenvalue weighted by Crippen LogP contribution is 2.33. The summed E-state index contributed by atoms with van der Waals surface area (Å²) >= 11 is 6.32. The number of aromatic nitrogens is 2. The molecule has 0 amide bonds. The number of benzene rings is 2. The Kier molecular flexibility index (Phi) is 4.97. The highest BCUT2D eigenvalue weighted by molar-refractivity contribution is 6.34.